The van der Waals surface area contributed by atoms with E-state index in [4.69, 9.17) is 10.9 Å². The van der Waals surface area contributed by atoms with Crippen molar-refractivity contribution in [1.29, 1.82) is 0 Å². The van der Waals surface area contributed by atoms with E-state index in [9.17, 15) is 4.21 Å². The lowest BCUT2D eigenvalue weighted by molar-refractivity contribution is 0.314. The van der Waals surface area contributed by atoms with E-state index in [-0.39, 0.29) is 10.7 Å². The van der Waals surface area contributed by atoms with Crippen LogP contribution < -0.4 is 11.1 Å². The molecule has 1 aliphatic rings. The molecule has 2 unspecified atom stereocenters. The summed E-state index contributed by atoms with van der Waals surface area (Å²) in [5.74, 6) is 0.312. The number of nitrogens with zero attached hydrogens (tertiary/aromatic N) is 1. The van der Waals surface area contributed by atoms with Crippen LogP contribution in [0.3, 0.4) is 0 Å². The average molecular weight is 261 g/mol. The molecule has 4 N–H and O–H groups in total. The summed E-state index contributed by atoms with van der Waals surface area (Å²) in [5, 5.41) is 15.2. The predicted molar refractivity (Wildman–Crippen MR) is 70.7 cm³/mol. The molecule has 0 saturated heterocycles. The minimum atomic E-state index is -0.742. The molecule has 5 nitrogen and oxygen atoms in total. The van der Waals surface area contributed by atoms with Crippen LogP contribution in [0.1, 0.15) is 32.6 Å². The van der Waals surface area contributed by atoms with Crippen LogP contribution in [0.5, 0.6) is 0 Å². The Morgan fingerprint density at radius 1 is 1.65 bits per heavy atom. The summed E-state index contributed by atoms with van der Waals surface area (Å²) in [4.78, 5) is 0. The van der Waals surface area contributed by atoms with Crippen LogP contribution in [0.4, 0.5) is 0 Å². The zero-order valence-corrected chi connectivity index (χ0v) is 11.4. The molecule has 1 saturated carbocycles. The van der Waals surface area contributed by atoms with Crippen molar-refractivity contribution in [2.75, 3.05) is 19.3 Å². The van der Waals surface area contributed by atoms with Crippen LogP contribution >= 0.6 is 0 Å². The fourth-order valence-corrected chi connectivity index (χ4v) is 2.29. The standard InChI is InChI=1S/C11H23N3O2S/c1-9(17(2)16)3-6-13-8-11(4-5-11)7-10(12)14-15/h9,13,15H,3-8H2,1-2H3,(H2,12,14). The Bertz CT molecular complexity index is 303. The van der Waals surface area contributed by atoms with Crippen molar-refractivity contribution < 1.29 is 9.42 Å². The van der Waals surface area contributed by atoms with E-state index >= 15 is 0 Å². The first-order valence-electron chi connectivity index (χ1n) is 5.98. The molecule has 100 valence electrons. The summed E-state index contributed by atoms with van der Waals surface area (Å²) < 4.78 is 11.2. The normalized spacial score (nSPS) is 22.1. The Morgan fingerprint density at radius 2 is 2.29 bits per heavy atom. The molecule has 0 aromatic rings. The number of nitrogens with two attached hydrogens (primary N) is 1. The Hall–Kier alpha value is -0.620. The second-order valence-electron chi connectivity index (χ2n) is 5.04. The van der Waals surface area contributed by atoms with Gasteiger partial charge in [-0.25, -0.2) is 0 Å². The van der Waals surface area contributed by atoms with Gasteiger partial charge in [0.1, 0.15) is 5.84 Å². The van der Waals surface area contributed by atoms with Crippen LogP contribution in [-0.2, 0) is 10.8 Å². The highest BCUT2D eigenvalue weighted by atomic mass is 32.2. The monoisotopic (exact) mass is 261 g/mol. The Balaban J connectivity index is 2.16. The maximum Gasteiger partial charge on any atom is 0.139 e. The van der Waals surface area contributed by atoms with Crippen LogP contribution in [0.2, 0.25) is 0 Å². The molecule has 2 atom stereocenters. The van der Waals surface area contributed by atoms with Gasteiger partial charge in [0.05, 0.1) is 0 Å². The van der Waals surface area contributed by atoms with Gasteiger partial charge in [-0.3, -0.25) is 4.21 Å². The van der Waals surface area contributed by atoms with E-state index < -0.39 is 10.8 Å². The summed E-state index contributed by atoms with van der Waals surface area (Å²) in [6.07, 6.45) is 5.58. The van der Waals surface area contributed by atoms with Gasteiger partial charge in [0, 0.05) is 35.3 Å². The number of amidine groups is 1. The molecule has 0 aromatic carbocycles. The molecule has 1 aliphatic carbocycles. The number of oxime groups is 1. The molecular weight excluding hydrogens is 238 g/mol. The highest BCUT2D eigenvalue weighted by molar-refractivity contribution is 7.84. The van der Waals surface area contributed by atoms with E-state index in [2.05, 4.69) is 10.5 Å². The summed E-state index contributed by atoms with van der Waals surface area (Å²) in [5.41, 5.74) is 5.72. The van der Waals surface area contributed by atoms with Gasteiger partial charge >= 0.3 is 0 Å². The van der Waals surface area contributed by atoms with Gasteiger partial charge in [-0.05, 0) is 31.2 Å². The SMILES string of the molecule is CC(CCNCC1(CC(N)=NO)CC1)S(C)=O. The van der Waals surface area contributed by atoms with E-state index in [1.807, 2.05) is 6.92 Å². The van der Waals surface area contributed by atoms with Crippen LogP contribution in [0, 0.1) is 5.41 Å². The molecule has 1 rings (SSSR count). The number of rotatable bonds is 8. The zero-order valence-electron chi connectivity index (χ0n) is 10.6. The summed E-state index contributed by atoms with van der Waals surface area (Å²) >= 11 is 0. The van der Waals surface area contributed by atoms with Crippen LogP contribution in [0.25, 0.3) is 0 Å². The van der Waals surface area contributed by atoms with Crippen LogP contribution in [0.15, 0.2) is 5.16 Å². The fraction of sp³-hybridized carbons (Fsp3) is 0.909. The topological polar surface area (TPSA) is 87.7 Å². The number of hydrogen-bond donors (Lipinski definition) is 3. The first kappa shape index (κ1) is 14.4. The number of hydrogen-bond acceptors (Lipinski definition) is 4. The zero-order chi connectivity index (χ0) is 12.9. The Labute approximate surface area is 105 Å². The van der Waals surface area contributed by atoms with E-state index in [0.29, 0.717) is 12.3 Å². The molecule has 1 fully saturated rings. The van der Waals surface area contributed by atoms with Gasteiger partial charge in [-0.1, -0.05) is 12.1 Å². The minimum absolute atomic E-state index is 0.199. The van der Waals surface area contributed by atoms with Gasteiger partial charge in [-0.15, -0.1) is 0 Å². The maximum absolute atomic E-state index is 11.2. The highest BCUT2D eigenvalue weighted by Crippen LogP contribution is 2.48. The summed E-state index contributed by atoms with van der Waals surface area (Å²) in [6, 6.07) is 0. The van der Waals surface area contributed by atoms with Crippen molar-refractivity contribution in [1.82, 2.24) is 5.32 Å². The molecule has 0 radical (unpaired) electrons. The molecular formula is C11H23N3O2S. The molecule has 0 aliphatic heterocycles. The summed E-state index contributed by atoms with van der Waals surface area (Å²) in [6.45, 7) is 3.77. The fourth-order valence-electron chi connectivity index (χ4n) is 1.84. The highest BCUT2D eigenvalue weighted by Gasteiger charge is 2.42. The van der Waals surface area contributed by atoms with E-state index in [0.717, 1.165) is 32.4 Å². The number of nitrogens with one attached hydrogen (secondary N) is 1. The second-order valence-corrected chi connectivity index (χ2v) is 6.84. The lowest BCUT2D eigenvalue weighted by atomic mass is 10.0. The van der Waals surface area contributed by atoms with Crippen molar-refractivity contribution in [2.45, 2.75) is 37.9 Å². The van der Waals surface area contributed by atoms with Crippen molar-refractivity contribution in [3.8, 4) is 0 Å². The lowest BCUT2D eigenvalue weighted by Gasteiger charge is -2.16. The predicted octanol–water partition coefficient (Wildman–Crippen LogP) is 0.650. The quantitative estimate of drug-likeness (QED) is 0.197. The molecule has 17 heavy (non-hydrogen) atoms. The molecule has 0 spiro atoms. The van der Waals surface area contributed by atoms with Gasteiger partial charge < -0.3 is 16.3 Å². The largest absolute Gasteiger partial charge is 0.409 e. The van der Waals surface area contributed by atoms with Crippen molar-refractivity contribution in [3.05, 3.63) is 0 Å². The Morgan fingerprint density at radius 3 is 2.76 bits per heavy atom. The summed E-state index contributed by atoms with van der Waals surface area (Å²) in [7, 11) is -0.742. The smallest absolute Gasteiger partial charge is 0.139 e. The molecule has 0 bridgehead atoms. The maximum atomic E-state index is 11.2. The molecule has 0 heterocycles. The van der Waals surface area contributed by atoms with Crippen LogP contribution in [-0.4, -0.2) is 39.8 Å². The first-order valence-corrected chi connectivity index (χ1v) is 7.60. The first-order chi connectivity index (χ1) is 7.99. The van der Waals surface area contributed by atoms with Crippen molar-refractivity contribution in [3.63, 3.8) is 0 Å². The second kappa shape index (κ2) is 6.35. The molecule has 0 aromatic heterocycles. The Kier molecular flexibility index (Phi) is 5.39. The van der Waals surface area contributed by atoms with E-state index in [1.54, 1.807) is 6.26 Å². The third kappa shape index (κ3) is 5.04. The molecule has 0 amide bonds. The van der Waals surface area contributed by atoms with Crippen molar-refractivity contribution in [2.24, 2.45) is 16.3 Å². The molecule has 6 heteroatoms. The van der Waals surface area contributed by atoms with Crippen molar-refractivity contribution >= 4 is 16.6 Å². The third-order valence-corrected chi connectivity index (χ3v) is 4.80. The lowest BCUT2D eigenvalue weighted by Crippen LogP contribution is -2.30. The third-order valence-electron chi connectivity index (χ3n) is 3.44. The van der Waals surface area contributed by atoms with Gasteiger partial charge in [0.2, 0.25) is 0 Å². The van der Waals surface area contributed by atoms with Gasteiger partial charge in [0.25, 0.3) is 0 Å². The van der Waals surface area contributed by atoms with Gasteiger partial charge in [-0.2, -0.15) is 0 Å². The van der Waals surface area contributed by atoms with Gasteiger partial charge in [0.15, 0.2) is 0 Å². The minimum Gasteiger partial charge on any atom is -0.409 e. The average Bonchev–Trinajstić information content (AvgIpc) is 3.04. The van der Waals surface area contributed by atoms with E-state index in [1.165, 1.54) is 0 Å².